The molecule has 0 saturated heterocycles. The van der Waals surface area contributed by atoms with Crippen molar-refractivity contribution >= 4 is 11.5 Å². The summed E-state index contributed by atoms with van der Waals surface area (Å²) in [5.41, 5.74) is 6.35. The van der Waals surface area contributed by atoms with E-state index in [4.69, 9.17) is 13.9 Å². The van der Waals surface area contributed by atoms with E-state index in [9.17, 15) is 4.79 Å². The highest BCUT2D eigenvalue weighted by Gasteiger charge is 2.19. The summed E-state index contributed by atoms with van der Waals surface area (Å²) < 4.78 is 17.2. The maximum absolute atomic E-state index is 12.0. The van der Waals surface area contributed by atoms with E-state index in [1.165, 1.54) is 5.56 Å². The Balaban J connectivity index is 1.43. The number of rotatable bonds is 8. The van der Waals surface area contributed by atoms with Gasteiger partial charge in [-0.1, -0.05) is 35.9 Å². The average molecular weight is 432 g/mol. The summed E-state index contributed by atoms with van der Waals surface area (Å²) in [6.45, 7) is 6.73. The third-order valence-electron chi connectivity index (χ3n) is 5.69. The van der Waals surface area contributed by atoms with Crippen molar-refractivity contribution in [1.29, 1.82) is 0 Å². The zero-order valence-electron chi connectivity index (χ0n) is 18.9. The van der Waals surface area contributed by atoms with Crippen LogP contribution >= 0.6 is 0 Å². The fraction of sp³-hybridized carbons (Fsp3) is 0.333. The highest BCUT2D eigenvalue weighted by molar-refractivity contribution is 5.87. The quantitative estimate of drug-likeness (QED) is 0.418. The van der Waals surface area contributed by atoms with E-state index in [1.54, 1.807) is 0 Å². The van der Waals surface area contributed by atoms with Crippen LogP contribution in [0.4, 0.5) is 0 Å². The second kappa shape index (κ2) is 9.86. The zero-order valence-corrected chi connectivity index (χ0v) is 18.9. The molecule has 0 radical (unpaired) electrons. The first-order valence-electron chi connectivity index (χ1n) is 11.2. The van der Waals surface area contributed by atoms with Crippen molar-refractivity contribution in [3.05, 3.63) is 76.7 Å². The molecular formula is C27H29NO4. The lowest BCUT2D eigenvalue weighted by Crippen LogP contribution is -2.10. The molecule has 0 N–H and O–H groups in total. The number of carbonyl (C=O) groups is 1. The number of esters is 1. The molecule has 0 atom stereocenters. The number of benzene rings is 2. The molecule has 0 amide bonds. The third-order valence-corrected chi connectivity index (χ3v) is 5.69. The number of carbonyl (C=O) groups excluding carboxylic acids is 1. The predicted octanol–water partition coefficient (Wildman–Crippen LogP) is 5.86. The molecule has 0 spiro atoms. The van der Waals surface area contributed by atoms with Crippen LogP contribution in [0.5, 0.6) is 5.75 Å². The second-order valence-electron chi connectivity index (χ2n) is 8.02. The summed E-state index contributed by atoms with van der Waals surface area (Å²) in [5, 5.41) is 0. The zero-order chi connectivity index (χ0) is 22.5. The van der Waals surface area contributed by atoms with Crippen LogP contribution in [-0.4, -0.2) is 24.2 Å². The van der Waals surface area contributed by atoms with Gasteiger partial charge in [-0.05, 0) is 62.9 Å². The molecule has 5 heteroatoms. The predicted molar refractivity (Wildman–Crippen MR) is 125 cm³/mol. The van der Waals surface area contributed by atoms with E-state index in [1.807, 2.05) is 38.1 Å². The summed E-state index contributed by atoms with van der Waals surface area (Å²) in [5.74, 6) is 2.14. The Morgan fingerprint density at radius 1 is 1.12 bits per heavy atom. The number of hydrogen-bond donors (Lipinski definition) is 0. The number of nitrogens with zero attached hydrogens (tertiary/aromatic N) is 1. The number of aromatic nitrogens is 1. The largest absolute Gasteiger partial charge is 0.493 e. The van der Waals surface area contributed by atoms with Crippen molar-refractivity contribution in [3.63, 3.8) is 0 Å². The number of aryl methyl sites for hydroxylation is 2. The van der Waals surface area contributed by atoms with Gasteiger partial charge in [-0.15, -0.1) is 0 Å². The molecule has 0 bridgehead atoms. The summed E-state index contributed by atoms with van der Waals surface area (Å²) in [6.07, 6.45) is 4.89. The van der Waals surface area contributed by atoms with E-state index in [0.29, 0.717) is 31.9 Å². The number of oxazole rings is 1. The standard InChI is InChI=1S/C27H29NO4/c1-4-30-26(29)17-21-7-5-9-23-22(21)8-6-10-25(23)31-16-15-24-19(3)32-27(28-24)20-13-11-18(2)12-14-20/h6-8,10-14H,4-5,9,15-17H2,1-3H3. The van der Waals surface area contributed by atoms with E-state index >= 15 is 0 Å². The van der Waals surface area contributed by atoms with Crippen molar-refractivity contribution in [3.8, 4) is 17.2 Å². The minimum Gasteiger partial charge on any atom is -0.493 e. The number of hydrogen-bond acceptors (Lipinski definition) is 5. The van der Waals surface area contributed by atoms with Crippen LogP contribution < -0.4 is 4.74 Å². The second-order valence-corrected chi connectivity index (χ2v) is 8.02. The minimum absolute atomic E-state index is 0.191. The van der Waals surface area contributed by atoms with Gasteiger partial charge in [-0.25, -0.2) is 4.98 Å². The van der Waals surface area contributed by atoms with Gasteiger partial charge in [0, 0.05) is 17.5 Å². The van der Waals surface area contributed by atoms with Crippen molar-refractivity contribution in [2.24, 2.45) is 0 Å². The van der Waals surface area contributed by atoms with Gasteiger partial charge in [0.05, 0.1) is 25.3 Å². The third kappa shape index (κ3) is 4.93. The van der Waals surface area contributed by atoms with Gasteiger partial charge in [-0.3, -0.25) is 4.79 Å². The smallest absolute Gasteiger partial charge is 0.310 e. The summed E-state index contributed by atoms with van der Waals surface area (Å²) in [7, 11) is 0. The normalized spacial score (nSPS) is 12.8. The summed E-state index contributed by atoms with van der Waals surface area (Å²) >= 11 is 0. The number of fused-ring (bicyclic) bond motifs is 1. The molecule has 0 unspecified atom stereocenters. The molecule has 1 aromatic heterocycles. The Hall–Kier alpha value is -3.34. The lowest BCUT2D eigenvalue weighted by molar-refractivity contribution is -0.141. The van der Waals surface area contributed by atoms with Crippen LogP contribution in [0.3, 0.4) is 0 Å². The Kier molecular flexibility index (Phi) is 6.74. The molecule has 1 aliphatic rings. The fourth-order valence-corrected chi connectivity index (χ4v) is 4.03. The van der Waals surface area contributed by atoms with Gasteiger partial charge in [0.25, 0.3) is 0 Å². The molecule has 3 aromatic rings. The highest BCUT2D eigenvalue weighted by atomic mass is 16.5. The van der Waals surface area contributed by atoms with Crippen molar-refractivity contribution in [2.75, 3.05) is 13.2 Å². The minimum atomic E-state index is -0.191. The molecule has 0 aliphatic heterocycles. The van der Waals surface area contributed by atoms with E-state index in [2.05, 4.69) is 36.2 Å². The first-order chi connectivity index (χ1) is 15.5. The first kappa shape index (κ1) is 21.9. The maximum atomic E-state index is 12.0. The summed E-state index contributed by atoms with van der Waals surface area (Å²) in [6, 6.07) is 14.2. The Bertz CT molecular complexity index is 1130. The van der Waals surface area contributed by atoms with Gasteiger partial charge in [0.1, 0.15) is 11.5 Å². The number of allylic oxidation sites excluding steroid dienone is 1. The monoisotopic (exact) mass is 431 g/mol. The van der Waals surface area contributed by atoms with Crippen molar-refractivity contribution in [1.82, 2.24) is 4.98 Å². The molecule has 1 heterocycles. The van der Waals surface area contributed by atoms with Crippen LogP contribution in [0.2, 0.25) is 0 Å². The van der Waals surface area contributed by atoms with Crippen molar-refractivity contribution < 1.29 is 18.7 Å². The van der Waals surface area contributed by atoms with Gasteiger partial charge >= 0.3 is 5.97 Å². The lowest BCUT2D eigenvalue weighted by atomic mass is 9.88. The Morgan fingerprint density at radius 3 is 2.72 bits per heavy atom. The SMILES string of the molecule is CCOC(=O)CC1=CCCc2c(OCCc3nc(-c4ccc(C)cc4)oc3C)cccc21. The van der Waals surface area contributed by atoms with Crippen LogP contribution in [0.1, 0.15) is 47.9 Å². The van der Waals surface area contributed by atoms with E-state index in [0.717, 1.165) is 52.3 Å². The van der Waals surface area contributed by atoms with Crippen LogP contribution in [0.15, 0.2) is 53.0 Å². The molecule has 5 nitrogen and oxygen atoms in total. The molecule has 0 fully saturated rings. The van der Waals surface area contributed by atoms with Gasteiger partial charge < -0.3 is 13.9 Å². The van der Waals surface area contributed by atoms with E-state index < -0.39 is 0 Å². The van der Waals surface area contributed by atoms with Crippen LogP contribution in [-0.2, 0) is 22.4 Å². The first-order valence-corrected chi connectivity index (χ1v) is 11.2. The molecule has 32 heavy (non-hydrogen) atoms. The fourth-order valence-electron chi connectivity index (χ4n) is 4.03. The lowest BCUT2D eigenvalue weighted by Gasteiger charge is -2.20. The van der Waals surface area contributed by atoms with Gasteiger partial charge in [0.2, 0.25) is 5.89 Å². The van der Waals surface area contributed by atoms with Crippen LogP contribution in [0, 0.1) is 13.8 Å². The molecule has 166 valence electrons. The molecule has 4 rings (SSSR count). The Morgan fingerprint density at radius 2 is 1.94 bits per heavy atom. The van der Waals surface area contributed by atoms with E-state index in [-0.39, 0.29) is 5.97 Å². The number of ether oxygens (including phenoxy) is 2. The summed E-state index contributed by atoms with van der Waals surface area (Å²) in [4.78, 5) is 16.7. The maximum Gasteiger partial charge on any atom is 0.310 e. The van der Waals surface area contributed by atoms with Crippen LogP contribution in [0.25, 0.3) is 17.0 Å². The highest BCUT2D eigenvalue weighted by Crippen LogP contribution is 2.35. The topological polar surface area (TPSA) is 61.6 Å². The molecular weight excluding hydrogens is 402 g/mol. The molecule has 2 aromatic carbocycles. The molecule has 1 aliphatic carbocycles. The average Bonchev–Trinajstić information content (AvgIpc) is 3.15. The van der Waals surface area contributed by atoms with Gasteiger partial charge in [-0.2, -0.15) is 0 Å². The van der Waals surface area contributed by atoms with Crippen molar-refractivity contribution in [2.45, 2.75) is 46.5 Å². The Labute approximate surface area is 189 Å². The molecule has 0 saturated carbocycles. The van der Waals surface area contributed by atoms with Gasteiger partial charge in [0.15, 0.2) is 0 Å².